The van der Waals surface area contributed by atoms with E-state index in [4.69, 9.17) is 4.74 Å². The Morgan fingerprint density at radius 2 is 1.92 bits per heavy atom. The van der Waals surface area contributed by atoms with E-state index in [-0.39, 0.29) is 5.54 Å². The highest BCUT2D eigenvalue weighted by Crippen LogP contribution is 2.27. The van der Waals surface area contributed by atoms with Gasteiger partial charge in [-0.25, -0.2) is 0 Å². The summed E-state index contributed by atoms with van der Waals surface area (Å²) >= 11 is 0. The fourth-order valence-electron chi connectivity index (χ4n) is 2.09. The molecule has 0 saturated carbocycles. The molecule has 0 radical (unpaired) electrons. The molecule has 2 atom stereocenters. The van der Waals surface area contributed by atoms with Gasteiger partial charge < -0.3 is 4.74 Å². The van der Waals surface area contributed by atoms with Crippen molar-refractivity contribution in [3.63, 3.8) is 0 Å². The smallest absolute Gasteiger partial charge is 0.0713 e. The van der Waals surface area contributed by atoms with E-state index in [1.807, 2.05) is 7.11 Å². The first-order valence-corrected chi connectivity index (χ1v) is 4.74. The third-order valence-electron chi connectivity index (χ3n) is 2.73. The van der Waals surface area contributed by atoms with Crippen LogP contribution in [-0.2, 0) is 4.74 Å². The van der Waals surface area contributed by atoms with Gasteiger partial charge in [-0.1, -0.05) is 0 Å². The van der Waals surface area contributed by atoms with Gasteiger partial charge in [0, 0.05) is 25.2 Å². The maximum absolute atomic E-state index is 5.37. The van der Waals surface area contributed by atoms with Crippen LogP contribution in [0.2, 0.25) is 0 Å². The number of nitrogens with zero attached hydrogens (tertiary/aromatic N) is 1. The number of methoxy groups -OCH3 is 1. The average molecular weight is 171 g/mol. The fourth-order valence-corrected chi connectivity index (χ4v) is 2.09. The molecule has 1 rings (SSSR count). The normalized spacial score (nSPS) is 32.8. The van der Waals surface area contributed by atoms with Crippen LogP contribution in [0.1, 0.15) is 34.1 Å². The molecule has 1 aliphatic rings. The highest BCUT2D eigenvalue weighted by molar-refractivity contribution is 4.90. The molecule has 0 aromatic heterocycles. The minimum atomic E-state index is 0.284. The first-order valence-electron chi connectivity index (χ1n) is 4.74. The second kappa shape index (κ2) is 3.35. The van der Waals surface area contributed by atoms with Crippen molar-refractivity contribution in [3.8, 4) is 0 Å². The van der Waals surface area contributed by atoms with Crippen LogP contribution in [0.15, 0.2) is 0 Å². The first-order chi connectivity index (χ1) is 5.45. The van der Waals surface area contributed by atoms with Crippen LogP contribution < -0.4 is 0 Å². The molecule has 1 unspecified atom stereocenters. The Hall–Kier alpha value is -0.0800. The van der Waals surface area contributed by atoms with Crippen LogP contribution in [0.25, 0.3) is 0 Å². The van der Waals surface area contributed by atoms with Gasteiger partial charge in [0.2, 0.25) is 0 Å². The van der Waals surface area contributed by atoms with Crippen LogP contribution in [0.4, 0.5) is 0 Å². The minimum absolute atomic E-state index is 0.284. The number of rotatable bonds is 1. The van der Waals surface area contributed by atoms with Gasteiger partial charge in [0.1, 0.15) is 0 Å². The lowest BCUT2D eigenvalue weighted by molar-refractivity contribution is 0.0832. The Kier molecular flexibility index (Phi) is 2.79. The lowest BCUT2D eigenvalue weighted by atomic mass is 10.1. The molecule has 2 heteroatoms. The molecule has 1 fully saturated rings. The summed E-state index contributed by atoms with van der Waals surface area (Å²) in [7, 11) is 1.81. The molecule has 12 heavy (non-hydrogen) atoms. The predicted molar refractivity (Wildman–Crippen MR) is 51.3 cm³/mol. The Labute approximate surface area is 75.9 Å². The van der Waals surface area contributed by atoms with Crippen LogP contribution in [0.5, 0.6) is 0 Å². The lowest BCUT2D eigenvalue weighted by Crippen LogP contribution is -2.43. The Morgan fingerprint density at radius 1 is 1.33 bits per heavy atom. The van der Waals surface area contributed by atoms with E-state index in [1.54, 1.807) is 0 Å². The first kappa shape index (κ1) is 10.0. The van der Waals surface area contributed by atoms with Gasteiger partial charge in [-0.3, -0.25) is 4.90 Å². The van der Waals surface area contributed by atoms with E-state index in [0.29, 0.717) is 12.1 Å². The Bertz CT molecular complexity index is 150. The van der Waals surface area contributed by atoms with Gasteiger partial charge in [0.25, 0.3) is 0 Å². The van der Waals surface area contributed by atoms with Crippen molar-refractivity contribution < 1.29 is 4.74 Å². The molecule has 0 aromatic rings. The summed E-state index contributed by atoms with van der Waals surface area (Å²) in [6, 6.07) is 0.662. The molecule has 0 spiro atoms. The standard InChI is InChI=1S/C10H21NO/c1-8-6-9(12-5)7-11(8)10(2,3)4/h8-9H,6-7H2,1-5H3/t8-,9?/m1/s1. The summed E-state index contributed by atoms with van der Waals surface area (Å²) < 4.78 is 5.37. The van der Waals surface area contributed by atoms with Gasteiger partial charge in [0.05, 0.1) is 6.10 Å². The number of ether oxygens (including phenoxy) is 1. The third-order valence-corrected chi connectivity index (χ3v) is 2.73. The van der Waals surface area contributed by atoms with Gasteiger partial charge >= 0.3 is 0 Å². The van der Waals surface area contributed by atoms with Crippen LogP contribution in [0, 0.1) is 0 Å². The monoisotopic (exact) mass is 171 g/mol. The minimum Gasteiger partial charge on any atom is -0.380 e. The van der Waals surface area contributed by atoms with E-state index < -0.39 is 0 Å². The van der Waals surface area contributed by atoms with E-state index in [2.05, 4.69) is 32.6 Å². The Morgan fingerprint density at radius 3 is 2.17 bits per heavy atom. The molecule has 2 nitrogen and oxygen atoms in total. The fraction of sp³-hybridized carbons (Fsp3) is 1.00. The quantitative estimate of drug-likeness (QED) is 0.597. The maximum Gasteiger partial charge on any atom is 0.0713 e. The number of hydrogen-bond donors (Lipinski definition) is 0. The second-order valence-corrected chi connectivity index (χ2v) is 4.77. The molecular weight excluding hydrogens is 150 g/mol. The topological polar surface area (TPSA) is 12.5 Å². The second-order valence-electron chi connectivity index (χ2n) is 4.77. The molecule has 72 valence electrons. The van der Waals surface area contributed by atoms with Gasteiger partial charge in [-0.15, -0.1) is 0 Å². The molecule has 0 N–H and O–H groups in total. The summed E-state index contributed by atoms with van der Waals surface area (Å²) in [6.45, 7) is 10.2. The summed E-state index contributed by atoms with van der Waals surface area (Å²) in [5.74, 6) is 0. The highest BCUT2D eigenvalue weighted by Gasteiger charge is 2.35. The Balaban J connectivity index is 2.58. The predicted octanol–water partition coefficient (Wildman–Crippen LogP) is 1.89. The maximum atomic E-state index is 5.37. The third kappa shape index (κ3) is 1.99. The average Bonchev–Trinajstić information content (AvgIpc) is 2.29. The summed E-state index contributed by atoms with van der Waals surface area (Å²) in [5, 5.41) is 0. The number of likely N-dealkylation sites (tertiary alicyclic amines) is 1. The molecule has 1 heterocycles. The van der Waals surface area contributed by atoms with Crippen molar-refractivity contribution in [2.75, 3.05) is 13.7 Å². The van der Waals surface area contributed by atoms with E-state index in [9.17, 15) is 0 Å². The molecule has 0 amide bonds. The zero-order valence-corrected chi connectivity index (χ0v) is 8.92. The molecule has 1 saturated heterocycles. The van der Waals surface area contributed by atoms with Crippen LogP contribution >= 0.6 is 0 Å². The van der Waals surface area contributed by atoms with Crippen molar-refractivity contribution in [1.82, 2.24) is 4.90 Å². The van der Waals surface area contributed by atoms with Gasteiger partial charge in [0.15, 0.2) is 0 Å². The van der Waals surface area contributed by atoms with Crippen molar-refractivity contribution in [2.24, 2.45) is 0 Å². The SMILES string of the molecule is COC1C[C@@H](C)N(C(C)(C)C)C1. The van der Waals surface area contributed by atoms with Crippen molar-refractivity contribution >= 4 is 0 Å². The zero-order valence-electron chi connectivity index (χ0n) is 8.92. The van der Waals surface area contributed by atoms with Crippen molar-refractivity contribution in [2.45, 2.75) is 51.8 Å². The molecule has 0 aromatic carbocycles. The molecule has 1 aliphatic heterocycles. The molecule has 0 bridgehead atoms. The molecule has 0 aliphatic carbocycles. The highest BCUT2D eigenvalue weighted by atomic mass is 16.5. The summed E-state index contributed by atoms with van der Waals surface area (Å²) in [4.78, 5) is 2.52. The van der Waals surface area contributed by atoms with E-state index in [0.717, 1.165) is 6.54 Å². The van der Waals surface area contributed by atoms with Crippen molar-refractivity contribution in [3.05, 3.63) is 0 Å². The largest absolute Gasteiger partial charge is 0.380 e. The van der Waals surface area contributed by atoms with Gasteiger partial charge in [-0.2, -0.15) is 0 Å². The van der Waals surface area contributed by atoms with Gasteiger partial charge in [-0.05, 0) is 34.1 Å². The zero-order chi connectivity index (χ0) is 9.35. The van der Waals surface area contributed by atoms with Crippen molar-refractivity contribution in [1.29, 1.82) is 0 Å². The summed E-state index contributed by atoms with van der Waals surface area (Å²) in [5.41, 5.74) is 0.284. The number of hydrogen-bond acceptors (Lipinski definition) is 2. The summed E-state index contributed by atoms with van der Waals surface area (Å²) in [6.07, 6.45) is 1.62. The molecular formula is C10H21NO. The van der Waals surface area contributed by atoms with Crippen LogP contribution in [-0.4, -0.2) is 36.2 Å². The lowest BCUT2D eigenvalue weighted by Gasteiger charge is -2.35. The van der Waals surface area contributed by atoms with E-state index in [1.165, 1.54) is 6.42 Å². The van der Waals surface area contributed by atoms with E-state index >= 15 is 0 Å². The van der Waals surface area contributed by atoms with Crippen LogP contribution in [0.3, 0.4) is 0 Å².